The maximum atomic E-state index is 11.9. The van der Waals surface area contributed by atoms with Gasteiger partial charge in [0, 0.05) is 19.2 Å². The van der Waals surface area contributed by atoms with Crippen molar-refractivity contribution in [1.29, 1.82) is 0 Å². The van der Waals surface area contributed by atoms with Crippen LogP contribution in [0.1, 0.15) is 56.9 Å². The molecule has 1 rings (SSSR count). The van der Waals surface area contributed by atoms with Gasteiger partial charge in [0.25, 0.3) is 11.5 Å². The summed E-state index contributed by atoms with van der Waals surface area (Å²) in [6.45, 7) is 7.58. The van der Waals surface area contributed by atoms with Crippen LogP contribution in [0.25, 0.3) is 0 Å². The fourth-order valence-electron chi connectivity index (χ4n) is 1.84. The van der Waals surface area contributed by atoms with E-state index in [1.54, 1.807) is 0 Å². The molecule has 5 nitrogen and oxygen atoms in total. The van der Waals surface area contributed by atoms with Gasteiger partial charge in [-0.25, -0.2) is 4.68 Å². The minimum Gasteiger partial charge on any atom is -0.351 e. The Morgan fingerprint density at radius 3 is 2.75 bits per heavy atom. The molecule has 5 heteroatoms. The van der Waals surface area contributed by atoms with E-state index in [4.69, 9.17) is 0 Å². The van der Waals surface area contributed by atoms with Crippen LogP contribution in [0.3, 0.4) is 0 Å². The normalized spacial score (nSPS) is 10.8. The van der Waals surface area contributed by atoms with Gasteiger partial charge in [-0.2, -0.15) is 5.10 Å². The lowest BCUT2D eigenvalue weighted by molar-refractivity contribution is 0.0945. The van der Waals surface area contributed by atoms with Crippen LogP contribution in [0, 0.1) is 5.92 Å². The van der Waals surface area contributed by atoms with Gasteiger partial charge in [0.1, 0.15) is 5.69 Å². The number of rotatable bonds is 8. The lowest BCUT2D eigenvalue weighted by Crippen LogP contribution is -2.30. The van der Waals surface area contributed by atoms with E-state index in [2.05, 4.69) is 31.2 Å². The zero-order valence-corrected chi connectivity index (χ0v) is 12.7. The SMILES string of the molecule is CCCCn1nc(C(=O)NCCCC(C)C)ccc1=O. The van der Waals surface area contributed by atoms with Crippen molar-refractivity contribution in [3.8, 4) is 0 Å². The number of hydrogen-bond acceptors (Lipinski definition) is 3. The molecule has 0 atom stereocenters. The summed E-state index contributed by atoms with van der Waals surface area (Å²) >= 11 is 0. The zero-order chi connectivity index (χ0) is 15.0. The number of carbonyl (C=O) groups is 1. The molecule has 0 saturated carbocycles. The Kier molecular flexibility index (Phi) is 6.98. The number of aryl methyl sites for hydroxylation is 1. The highest BCUT2D eigenvalue weighted by atomic mass is 16.2. The maximum Gasteiger partial charge on any atom is 0.271 e. The second kappa shape index (κ2) is 8.51. The van der Waals surface area contributed by atoms with Crippen LogP contribution in [0.4, 0.5) is 0 Å². The molecule has 1 amide bonds. The third-order valence-electron chi connectivity index (χ3n) is 3.07. The highest BCUT2D eigenvalue weighted by Crippen LogP contribution is 2.02. The largest absolute Gasteiger partial charge is 0.351 e. The van der Waals surface area contributed by atoms with Crippen molar-refractivity contribution in [3.05, 3.63) is 28.2 Å². The van der Waals surface area contributed by atoms with Crippen molar-refractivity contribution in [1.82, 2.24) is 15.1 Å². The Hall–Kier alpha value is -1.65. The number of amides is 1. The van der Waals surface area contributed by atoms with Gasteiger partial charge in [-0.3, -0.25) is 9.59 Å². The minimum absolute atomic E-state index is 0.158. The first-order valence-corrected chi connectivity index (χ1v) is 7.41. The van der Waals surface area contributed by atoms with E-state index >= 15 is 0 Å². The van der Waals surface area contributed by atoms with Crippen LogP contribution in [0.5, 0.6) is 0 Å². The molecular formula is C15H25N3O2. The van der Waals surface area contributed by atoms with Gasteiger partial charge in [-0.1, -0.05) is 27.2 Å². The van der Waals surface area contributed by atoms with E-state index in [0.717, 1.165) is 25.7 Å². The van der Waals surface area contributed by atoms with E-state index in [9.17, 15) is 9.59 Å². The average Bonchev–Trinajstić information content (AvgIpc) is 2.42. The van der Waals surface area contributed by atoms with Gasteiger partial charge in [0.2, 0.25) is 0 Å². The molecule has 1 aromatic heterocycles. The van der Waals surface area contributed by atoms with Crippen molar-refractivity contribution in [2.45, 2.75) is 53.0 Å². The summed E-state index contributed by atoms with van der Waals surface area (Å²) in [5, 5.41) is 6.96. The van der Waals surface area contributed by atoms with Crippen LogP contribution in [-0.2, 0) is 6.54 Å². The van der Waals surface area contributed by atoms with E-state index in [0.29, 0.717) is 24.7 Å². The van der Waals surface area contributed by atoms with Crippen LogP contribution >= 0.6 is 0 Å². The predicted octanol–water partition coefficient (Wildman–Crippen LogP) is 2.21. The molecule has 1 N–H and O–H groups in total. The Bertz CT molecular complexity index is 480. The molecule has 0 fully saturated rings. The van der Waals surface area contributed by atoms with Gasteiger partial charge in [0.05, 0.1) is 0 Å². The van der Waals surface area contributed by atoms with E-state index < -0.39 is 0 Å². The summed E-state index contributed by atoms with van der Waals surface area (Å²) in [5.41, 5.74) is 0.153. The second-order valence-corrected chi connectivity index (χ2v) is 5.43. The molecule has 0 spiro atoms. The van der Waals surface area contributed by atoms with Gasteiger partial charge >= 0.3 is 0 Å². The molecule has 0 aliphatic rings. The van der Waals surface area contributed by atoms with Crippen LogP contribution in [0.15, 0.2) is 16.9 Å². The van der Waals surface area contributed by atoms with E-state index in [-0.39, 0.29) is 11.5 Å². The molecule has 1 aromatic rings. The van der Waals surface area contributed by atoms with Gasteiger partial charge in [-0.05, 0) is 31.2 Å². The quantitative estimate of drug-likeness (QED) is 0.742. The summed E-state index contributed by atoms with van der Waals surface area (Å²) in [7, 11) is 0. The third kappa shape index (κ3) is 5.55. The number of carbonyl (C=O) groups excluding carboxylic acids is 1. The molecule has 112 valence electrons. The van der Waals surface area contributed by atoms with Gasteiger partial charge < -0.3 is 5.32 Å². The average molecular weight is 279 g/mol. The van der Waals surface area contributed by atoms with Crippen molar-refractivity contribution in [3.63, 3.8) is 0 Å². The molecule has 1 heterocycles. The zero-order valence-electron chi connectivity index (χ0n) is 12.7. The Morgan fingerprint density at radius 1 is 1.35 bits per heavy atom. The molecule has 0 aliphatic heterocycles. The molecule has 20 heavy (non-hydrogen) atoms. The highest BCUT2D eigenvalue weighted by molar-refractivity contribution is 5.91. The fourth-order valence-corrected chi connectivity index (χ4v) is 1.84. The first kappa shape index (κ1) is 16.4. The number of nitrogens with zero attached hydrogens (tertiary/aromatic N) is 2. The molecule has 0 unspecified atom stereocenters. The molecule has 0 aromatic carbocycles. The fraction of sp³-hybridized carbons (Fsp3) is 0.667. The minimum atomic E-state index is -0.209. The third-order valence-corrected chi connectivity index (χ3v) is 3.07. The number of unbranched alkanes of at least 4 members (excludes halogenated alkanes) is 1. The summed E-state index contributed by atoms with van der Waals surface area (Å²) in [5.74, 6) is 0.431. The van der Waals surface area contributed by atoms with Crippen molar-refractivity contribution >= 4 is 5.91 Å². The van der Waals surface area contributed by atoms with Crippen molar-refractivity contribution in [2.24, 2.45) is 5.92 Å². The topological polar surface area (TPSA) is 64.0 Å². The number of aromatic nitrogens is 2. The Balaban J connectivity index is 2.57. The molecule has 0 aliphatic carbocycles. The van der Waals surface area contributed by atoms with Crippen LogP contribution in [0.2, 0.25) is 0 Å². The molecule has 0 bridgehead atoms. The van der Waals surface area contributed by atoms with Gasteiger partial charge in [0.15, 0.2) is 0 Å². The van der Waals surface area contributed by atoms with Crippen molar-refractivity contribution in [2.75, 3.05) is 6.54 Å². The predicted molar refractivity (Wildman–Crippen MR) is 79.8 cm³/mol. The second-order valence-electron chi connectivity index (χ2n) is 5.43. The molecule has 0 saturated heterocycles. The number of hydrogen-bond donors (Lipinski definition) is 1. The first-order chi connectivity index (χ1) is 9.54. The van der Waals surface area contributed by atoms with Crippen molar-refractivity contribution < 1.29 is 4.79 Å². The molecule has 0 radical (unpaired) electrons. The van der Waals surface area contributed by atoms with E-state index in [1.807, 2.05) is 0 Å². The number of nitrogens with one attached hydrogen (secondary N) is 1. The van der Waals surface area contributed by atoms with E-state index in [1.165, 1.54) is 16.8 Å². The lowest BCUT2D eigenvalue weighted by Gasteiger charge is -2.08. The smallest absolute Gasteiger partial charge is 0.271 e. The monoisotopic (exact) mass is 279 g/mol. The lowest BCUT2D eigenvalue weighted by atomic mass is 10.1. The highest BCUT2D eigenvalue weighted by Gasteiger charge is 2.08. The summed E-state index contributed by atoms with van der Waals surface area (Å²) in [6, 6.07) is 2.90. The standard InChI is InChI=1S/C15H25N3O2/c1-4-5-11-18-14(19)9-8-13(17-18)15(20)16-10-6-7-12(2)3/h8-9,12H,4-7,10-11H2,1-3H3,(H,16,20). The summed E-state index contributed by atoms with van der Waals surface area (Å²) in [4.78, 5) is 23.5. The first-order valence-electron chi connectivity index (χ1n) is 7.41. The maximum absolute atomic E-state index is 11.9. The Labute approximate surface area is 120 Å². The van der Waals surface area contributed by atoms with Crippen LogP contribution in [-0.4, -0.2) is 22.2 Å². The Morgan fingerprint density at radius 2 is 2.10 bits per heavy atom. The van der Waals surface area contributed by atoms with Gasteiger partial charge in [-0.15, -0.1) is 0 Å². The molecular weight excluding hydrogens is 254 g/mol. The summed E-state index contributed by atoms with van der Waals surface area (Å²) in [6.07, 6.45) is 3.91. The van der Waals surface area contributed by atoms with Crippen LogP contribution < -0.4 is 10.9 Å². The summed E-state index contributed by atoms with van der Waals surface area (Å²) < 4.78 is 1.37.